The van der Waals surface area contributed by atoms with E-state index in [0.29, 0.717) is 23.6 Å². The van der Waals surface area contributed by atoms with Crippen molar-refractivity contribution in [2.24, 2.45) is 5.92 Å². The molecule has 0 aliphatic carbocycles. The van der Waals surface area contributed by atoms with Crippen molar-refractivity contribution in [3.8, 4) is 0 Å². The van der Waals surface area contributed by atoms with Crippen molar-refractivity contribution in [2.45, 2.75) is 33.1 Å². The summed E-state index contributed by atoms with van der Waals surface area (Å²) in [6.45, 7) is 4.30. The molecule has 0 amide bonds. The lowest BCUT2D eigenvalue weighted by molar-refractivity contribution is -0.162. The molecule has 0 aliphatic heterocycles. The predicted octanol–water partition coefficient (Wildman–Crippen LogP) is 4.48. The van der Waals surface area contributed by atoms with Gasteiger partial charge in [0.15, 0.2) is 11.3 Å². The van der Waals surface area contributed by atoms with Gasteiger partial charge in [-0.3, -0.25) is 14.4 Å². The first-order valence-electron chi connectivity index (χ1n) is 9.82. The Balaban J connectivity index is 1.94. The molecule has 0 unspecified atom stereocenters. The van der Waals surface area contributed by atoms with E-state index in [1.807, 2.05) is 50.2 Å². The maximum absolute atomic E-state index is 12.9. The summed E-state index contributed by atoms with van der Waals surface area (Å²) < 4.78 is 12.2. The van der Waals surface area contributed by atoms with Gasteiger partial charge in [-0.25, -0.2) is 0 Å². The Morgan fingerprint density at radius 3 is 2.17 bits per heavy atom. The van der Waals surface area contributed by atoms with E-state index in [2.05, 4.69) is 0 Å². The van der Waals surface area contributed by atoms with Gasteiger partial charge in [0.25, 0.3) is 0 Å². The molecule has 0 radical (unpaired) electrons. The standard InChI is InChI=1S/C23H24O5S/c1-3-11-27-22(25)18(23(26)28-12-4-2)14-15-9-10-20-17(13-15)21(24)16-7-5-6-8-19(16)29-20/h5-10,13,18H,3-4,11-12,14H2,1-2H3. The third-order valence-electron chi connectivity index (χ3n) is 4.55. The molecule has 29 heavy (non-hydrogen) atoms. The van der Waals surface area contributed by atoms with Crippen LogP contribution in [0.4, 0.5) is 0 Å². The smallest absolute Gasteiger partial charge is 0.320 e. The Labute approximate surface area is 173 Å². The number of esters is 2. The molecule has 1 aromatic heterocycles. The number of fused-ring (bicyclic) bond motifs is 2. The normalized spacial score (nSPS) is 11.1. The van der Waals surface area contributed by atoms with Crippen molar-refractivity contribution in [2.75, 3.05) is 13.2 Å². The molecule has 0 N–H and O–H groups in total. The van der Waals surface area contributed by atoms with Crippen molar-refractivity contribution < 1.29 is 19.1 Å². The van der Waals surface area contributed by atoms with E-state index in [1.165, 1.54) is 0 Å². The number of ether oxygens (including phenoxy) is 2. The molecule has 0 fully saturated rings. The molecular formula is C23H24O5S. The number of benzene rings is 2. The van der Waals surface area contributed by atoms with Crippen molar-refractivity contribution in [3.05, 3.63) is 58.3 Å². The lowest BCUT2D eigenvalue weighted by Crippen LogP contribution is -2.30. The van der Waals surface area contributed by atoms with E-state index in [1.54, 1.807) is 17.4 Å². The summed E-state index contributed by atoms with van der Waals surface area (Å²) in [6, 6.07) is 13.0. The van der Waals surface area contributed by atoms with Gasteiger partial charge >= 0.3 is 11.9 Å². The third kappa shape index (κ3) is 4.82. The summed E-state index contributed by atoms with van der Waals surface area (Å²) in [5.74, 6) is -2.21. The molecule has 152 valence electrons. The lowest BCUT2D eigenvalue weighted by Gasteiger charge is -2.15. The molecule has 3 rings (SSSR count). The zero-order valence-electron chi connectivity index (χ0n) is 16.6. The fourth-order valence-corrected chi connectivity index (χ4v) is 4.13. The molecule has 0 bridgehead atoms. The highest BCUT2D eigenvalue weighted by atomic mass is 32.1. The highest BCUT2D eigenvalue weighted by molar-refractivity contribution is 7.24. The predicted molar refractivity (Wildman–Crippen MR) is 115 cm³/mol. The van der Waals surface area contributed by atoms with Crippen LogP contribution >= 0.6 is 11.3 Å². The highest BCUT2D eigenvalue weighted by Crippen LogP contribution is 2.26. The first kappa shape index (κ1) is 21.0. The van der Waals surface area contributed by atoms with Gasteiger partial charge in [0, 0.05) is 20.2 Å². The Morgan fingerprint density at radius 1 is 0.897 bits per heavy atom. The Bertz CT molecular complexity index is 1070. The van der Waals surface area contributed by atoms with Gasteiger partial charge in [-0.05, 0) is 49.1 Å². The molecule has 2 aromatic carbocycles. The van der Waals surface area contributed by atoms with Gasteiger partial charge in [0.05, 0.1) is 13.2 Å². The minimum absolute atomic E-state index is 0.0464. The number of hydrogen-bond acceptors (Lipinski definition) is 6. The molecule has 0 saturated carbocycles. The maximum atomic E-state index is 12.9. The van der Waals surface area contributed by atoms with Crippen molar-refractivity contribution >= 4 is 43.4 Å². The molecule has 0 saturated heterocycles. The van der Waals surface area contributed by atoms with E-state index < -0.39 is 17.9 Å². The topological polar surface area (TPSA) is 69.7 Å². The van der Waals surface area contributed by atoms with Gasteiger partial charge in [-0.15, -0.1) is 11.3 Å². The Morgan fingerprint density at radius 2 is 1.52 bits per heavy atom. The monoisotopic (exact) mass is 412 g/mol. The molecule has 0 spiro atoms. The highest BCUT2D eigenvalue weighted by Gasteiger charge is 2.30. The molecular weight excluding hydrogens is 388 g/mol. The van der Waals surface area contributed by atoms with Crippen LogP contribution in [0.2, 0.25) is 0 Å². The first-order chi connectivity index (χ1) is 14.0. The summed E-state index contributed by atoms with van der Waals surface area (Å²) in [6.07, 6.45) is 1.48. The van der Waals surface area contributed by atoms with Crippen LogP contribution < -0.4 is 5.43 Å². The van der Waals surface area contributed by atoms with E-state index in [-0.39, 0.29) is 25.1 Å². The molecule has 0 aliphatic rings. The van der Waals surface area contributed by atoms with Crippen LogP contribution in [0.3, 0.4) is 0 Å². The Hall–Kier alpha value is -2.73. The van der Waals surface area contributed by atoms with Gasteiger partial charge in [0.1, 0.15) is 0 Å². The summed E-state index contributed by atoms with van der Waals surface area (Å²) in [4.78, 5) is 37.8. The summed E-state index contributed by atoms with van der Waals surface area (Å²) >= 11 is 1.54. The van der Waals surface area contributed by atoms with Crippen LogP contribution in [0.5, 0.6) is 0 Å². The van der Waals surface area contributed by atoms with Gasteiger partial charge in [-0.1, -0.05) is 32.0 Å². The zero-order valence-corrected chi connectivity index (χ0v) is 17.4. The molecule has 6 heteroatoms. The Kier molecular flexibility index (Phi) is 6.99. The average Bonchev–Trinajstić information content (AvgIpc) is 2.74. The number of hydrogen-bond donors (Lipinski definition) is 0. The van der Waals surface area contributed by atoms with Crippen LogP contribution in [0.25, 0.3) is 20.2 Å². The molecule has 1 heterocycles. The van der Waals surface area contributed by atoms with Crippen molar-refractivity contribution in [3.63, 3.8) is 0 Å². The zero-order chi connectivity index (χ0) is 20.8. The minimum atomic E-state index is -1.04. The number of carbonyl (C=O) groups is 2. The van der Waals surface area contributed by atoms with Crippen LogP contribution in [-0.4, -0.2) is 25.2 Å². The second kappa shape index (κ2) is 9.65. The number of rotatable bonds is 8. The van der Waals surface area contributed by atoms with Crippen LogP contribution in [0.1, 0.15) is 32.3 Å². The fraction of sp³-hybridized carbons (Fsp3) is 0.348. The van der Waals surface area contributed by atoms with E-state index in [4.69, 9.17) is 9.47 Å². The van der Waals surface area contributed by atoms with E-state index >= 15 is 0 Å². The average molecular weight is 413 g/mol. The van der Waals surface area contributed by atoms with Crippen LogP contribution in [0, 0.1) is 5.92 Å². The van der Waals surface area contributed by atoms with Crippen LogP contribution in [0.15, 0.2) is 47.3 Å². The second-order valence-corrected chi connectivity index (χ2v) is 7.93. The first-order valence-corrected chi connectivity index (χ1v) is 10.6. The summed E-state index contributed by atoms with van der Waals surface area (Å²) in [7, 11) is 0. The van der Waals surface area contributed by atoms with Gasteiger partial charge in [0.2, 0.25) is 0 Å². The summed E-state index contributed by atoms with van der Waals surface area (Å²) in [5.41, 5.74) is 0.679. The largest absolute Gasteiger partial charge is 0.465 e. The van der Waals surface area contributed by atoms with Crippen LogP contribution in [-0.2, 0) is 25.5 Å². The molecule has 5 nitrogen and oxygen atoms in total. The van der Waals surface area contributed by atoms with Crippen molar-refractivity contribution in [1.29, 1.82) is 0 Å². The second-order valence-electron chi connectivity index (χ2n) is 6.85. The molecule has 0 atom stereocenters. The van der Waals surface area contributed by atoms with E-state index in [0.717, 1.165) is 15.0 Å². The number of carbonyl (C=O) groups excluding carboxylic acids is 2. The molecule has 3 aromatic rings. The fourth-order valence-electron chi connectivity index (χ4n) is 3.08. The van der Waals surface area contributed by atoms with Gasteiger partial charge in [-0.2, -0.15) is 0 Å². The van der Waals surface area contributed by atoms with Gasteiger partial charge < -0.3 is 9.47 Å². The lowest BCUT2D eigenvalue weighted by atomic mass is 9.98. The minimum Gasteiger partial charge on any atom is -0.465 e. The maximum Gasteiger partial charge on any atom is 0.320 e. The SMILES string of the molecule is CCCOC(=O)C(Cc1ccc2sc3ccccc3c(=O)c2c1)C(=O)OCCC. The summed E-state index contributed by atoms with van der Waals surface area (Å²) in [5, 5.41) is 1.26. The third-order valence-corrected chi connectivity index (χ3v) is 5.70. The van der Waals surface area contributed by atoms with Crippen molar-refractivity contribution in [1.82, 2.24) is 0 Å². The quantitative estimate of drug-likeness (QED) is 0.310. The van der Waals surface area contributed by atoms with E-state index in [9.17, 15) is 14.4 Å².